The minimum Gasteiger partial charge on any atom is -0.497 e. The molecule has 28 heavy (non-hydrogen) atoms. The number of methoxy groups -OCH3 is 1. The van der Waals surface area contributed by atoms with Gasteiger partial charge in [0.1, 0.15) is 12.3 Å². The first kappa shape index (κ1) is 19.4. The zero-order chi connectivity index (χ0) is 20.3. The van der Waals surface area contributed by atoms with Crippen molar-refractivity contribution in [2.24, 2.45) is 0 Å². The largest absolute Gasteiger partial charge is 0.497 e. The molecule has 9 nitrogen and oxygen atoms in total. The van der Waals surface area contributed by atoms with Gasteiger partial charge in [-0.3, -0.25) is 19.3 Å². The van der Waals surface area contributed by atoms with Crippen molar-refractivity contribution < 1.29 is 23.9 Å². The van der Waals surface area contributed by atoms with Crippen LogP contribution in [0.2, 0.25) is 0 Å². The highest BCUT2D eigenvalue weighted by Gasteiger charge is 2.45. The number of carbonyl (C=O) groups is 4. The normalized spacial score (nSPS) is 17.4. The quantitative estimate of drug-likeness (QED) is 0.397. The lowest BCUT2D eigenvalue weighted by atomic mass is 10.2. The van der Waals surface area contributed by atoms with Crippen LogP contribution in [0.25, 0.3) is 0 Å². The highest BCUT2D eigenvalue weighted by Crippen LogP contribution is 2.21. The highest BCUT2D eigenvalue weighted by atomic mass is 16.5. The van der Waals surface area contributed by atoms with E-state index in [1.807, 2.05) is 24.3 Å². The molecule has 2 saturated heterocycles. The van der Waals surface area contributed by atoms with Crippen molar-refractivity contribution in [3.63, 3.8) is 0 Å². The van der Waals surface area contributed by atoms with Gasteiger partial charge in [-0.05, 0) is 24.3 Å². The topological polar surface area (TPSA) is 90.5 Å². The Bertz CT molecular complexity index is 799. The smallest absolute Gasteiger partial charge is 0.335 e. The Morgan fingerprint density at radius 3 is 2.21 bits per heavy atom. The molecule has 2 aliphatic heterocycles. The van der Waals surface area contributed by atoms with E-state index in [1.54, 1.807) is 12.0 Å². The van der Waals surface area contributed by atoms with Crippen molar-refractivity contribution in [2.45, 2.75) is 0 Å². The van der Waals surface area contributed by atoms with Crippen LogP contribution in [0, 0.1) is 0 Å². The third-order valence-corrected chi connectivity index (χ3v) is 4.81. The first-order valence-electron chi connectivity index (χ1n) is 8.91. The van der Waals surface area contributed by atoms with E-state index in [9.17, 15) is 19.2 Å². The van der Waals surface area contributed by atoms with Crippen LogP contribution in [0.4, 0.5) is 10.5 Å². The molecule has 0 spiro atoms. The van der Waals surface area contributed by atoms with Crippen molar-refractivity contribution in [1.82, 2.24) is 14.7 Å². The van der Waals surface area contributed by atoms with Gasteiger partial charge in [-0.25, -0.2) is 9.69 Å². The van der Waals surface area contributed by atoms with Gasteiger partial charge < -0.3 is 14.5 Å². The third-order valence-electron chi connectivity index (χ3n) is 4.81. The molecular formula is C19H22N4O5. The molecule has 0 bridgehead atoms. The van der Waals surface area contributed by atoms with E-state index in [0.29, 0.717) is 31.1 Å². The zero-order valence-electron chi connectivity index (χ0n) is 15.7. The standard InChI is InChI=1S/C19H22N4O5/c1-3-8-22-17(25)18(26)23(19(22)27)13-16(24)21-11-9-20(10-12-21)14-4-6-15(28-2)7-5-14/h3-7H,1,8-13H2,2H3. The van der Waals surface area contributed by atoms with Crippen molar-refractivity contribution in [2.75, 3.05) is 51.3 Å². The number of rotatable bonds is 6. The molecule has 2 fully saturated rings. The van der Waals surface area contributed by atoms with Gasteiger partial charge in [0.05, 0.1) is 7.11 Å². The first-order chi connectivity index (χ1) is 13.5. The number of imide groups is 2. The molecule has 0 unspecified atom stereocenters. The van der Waals surface area contributed by atoms with Crippen LogP contribution in [0.5, 0.6) is 5.75 Å². The SMILES string of the molecule is C=CCN1C(=O)C(=O)N(CC(=O)N2CCN(c3ccc(OC)cc3)CC2)C1=O. The van der Waals surface area contributed by atoms with Gasteiger partial charge in [-0.15, -0.1) is 6.58 Å². The Morgan fingerprint density at radius 1 is 1.04 bits per heavy atom. The van der Waals surface area contributed by atoms with Gasteiger partial charge >= 0.3 is 17.8 Å². The fourth-order valence-electron chi connectivity index (χ4n) is 3.22. The van der Waals surface area contributed by atoms with Crippen molar-refractivity contribution >= 4 is 29.4 Å². The predicted octanol–water partition coefficient (Wildman–Crippen LogP) is 0.321. The number of amides is 5. The Balaban J connectivity index is 1.56. The molecule has 2 aliphatic rings. The van der Waals surface area contributed by atoms with E-state index in [-0.39, 0.29) is 12.5 Å². The summed E-state index contributed by atoms with van der Waals surface area (Å²) in [6, 6.07) is 6.89. The van der Waals surface area contributed by atoms with Crippen LogP contribution in [0.1, 0.15) is 0 Å². The van der Waals surface area contributed by atoms with Gasteiger partial charge in [0.15, 0.2) is 0 Å². The van der Waals surface area contributed by atoms with Gasteiger partial charge in [0.25, 0.3) is 0 Å². The van der Waals surface area contributed by atoms with Crippen molar-refractivity contribution in [3.8, 4) is 5.75 Å². The molecule has 0 saturated carbocycles. The summed E-state index contributed by atoms with van der Waals surface area (Å²) in [6.07, 6.45) is 1.35. The van der Waals surface area contributed by atoms with Gasteiger partial charge in [-0.2, -0.15) is 0 Å². The highest BCUT2D eigenvalue weighted by molar-refractivity contribution is 6.45. The van der Waals surface area contributed by atoms with Gasteiger partial charge in [0, 0.05) is 38.4 Å². The number of nitrogens with zero attached hydrogens (tertiary/aromatic N) is 4. The number of benzene rings is 1. The molecule has 0 aromatic heterocycles. The fraction of sp³-hybridized carbons (Fsp3) is 0.368. The Morgan fingerprint density at radius 2 is 1.64 bits per heavy atom. The molecule has 0 aliphatic carbocycles. The van der Waals surface area contributed by atoms with E-state index in [2.05, 4.69) is 11.5 Å². The summed E-state index contributed by atoms with van der Waals surface area (Å²) in [5.74, 6) is -1.49. The van der Waals surface area contributed by atoms with E-state index in [4.69, 9.17) is 4.74 Å². The minimum absolute atomic E-state index is 0.0609. The summed E-state index contributed by atoms with van der Waals surface area (Å²) in [5, 5.41) is 0. The molecular weight excluding hydrogens is 364 g/mol. The van der Waals surface area contributed by atoms with E-state index >= 15 is 0 Å². The second-order valence-electron chi connectivity index (χ2n) is 6.44. The average molecular weight is 386 g/mol. The lowest BCUT2D eigenvalue weighted by Crippen LogP contribution is -2.52. The van der Waals surface area contributed by atoms with Gasteiger partial charge in [0.2, 0.25) is 5.91 Å². The molecule has 0 radical (unpaired) electrons. The fourth-order valence-corrected chi connectivity index (χ4v) is 3.22. The van der Waals surface area contributed by atoms with E-state index < -0.39 is 24.4 Å². The van der Waals surface area contributed by atoms with Crippen molar-refractivity contribution in [3.05, 3.63) is 36.9 Å². The maximum Gasteiger partial charge on any atom is 0.335 e. The predicted molar refractivity (Wildman–Crippen MR) is 101 cm³/mol. The van der Waals surface area contributed by atoms with Crippen LogP contribution in [-0.2, 0) is 14.4 Å². The number of anilines is 1. The number of carbonyl (C=O) groups excluding carboxylic acids is 4. The number of ether oxygens (including phenoxy) is 1. The number of urea groups is 1. The second kappa shape index (κ2) is 8.12. The first-order valence-corrected chi connectivity index (χ1v) is 8.91. The second-order valence-corrected chi connectivity index (χ2v) is 6.44. The number of piperazine rings is 1. The summed E-state index contributed by atoms with van der Waals surface area (Å²) in [4.78, 5) is 53.8. The molecule has 148 valence electrons. The molecule has 2 heterocycles. The zero-order valence-corrected chi connectivity index (χ0v) is 15.7. The lowest BCUT2D eigenvalue weighted by molar-refractivity contribution is -0.144. The van der Waals surface area contributed by atoms with Crippen molar-refractivity contribution in [1.29, 1.82) is 0 Å². The molecule has 9 heteroatoms. The molecule has 0 atom stereocenters. The Kier molecular flexibility index (Phi) is 5.62. The Labute approximate surface area is 162 Å². The Hall–Kier alpha value is -3.36. The monoisotopic (exact) mass is 386 g/mol. The van der Waals surface area contributed by atoms with Crippen LogP contribution in [-0.4, -0.2) is 84.8 Å². The van der Waals surface area contributed by atoms with Crippen LogP contribution in [0.15, 0.2) is 36.9 Å². The molecule has 0 N–H and O–H groups in total. The molecule has 1 aromatic carbocycles. The minimum atomic E-state index is -0.975. The summed E-state index contributed by atoms with van der Waals surface area (Å²) >= 11 is 0. The van der Waals surface area contributed by atoms with Crippen LogP contribution in [0.3, 0.4) is 0 Å². The molecule has 3 rings (SSSR count). The average Bonchev–Trinajstić information content (AvgIpc) is 2.92. The van der Waals surface area contributed by atoms with E-state index in [1.165, 1.54) is 6.08 Å². The van der Waals surface area contributed by atoms with Gasteiger partial charge in [-0.1, -0.05) is 6.08 Å². The molecule has 5 amide bonds. The number of hydrogen-bond acceptors (Lipinski definition) is 6. The molecule has 1 aromatic rings. The summed E-state index contributed by atoms with van der Waals surface area (Å²) < 4.78 is 5.15. The van der Waals surface area contributed by atoms with Crippen LogP contribution >= 0.6 is 0 Å². The maximum absolute atomic E-state index is 12.5. The van der Waals surface area contributed by atoms with Crippen LogP contribution < -0.4 is 9.64 Å². The summed E-state index contributed by atoms with van der Waals surface area (Å²) in [7, 11) is 1.61. The summed E-state index contributed by atoms with van der Waals surface area (Å²) in [5.41, 5.74) is 1.03. The third kappa shape index (κ3) is 3.68. The lowest BCUT2D eigenvalue weighted by Gasteiger charge is -2.36. The number of hydrogen-bond donors (Lipinski definition) is 0. The maximum atomic E-state index is 12.5. The summed E-state index contributed by atoms with van der Waals surface area (Å²) in [6.45, 7) is 5.14. The van der Waals surface area contributed by atoms with E-state index in [0.717, 1.165) is 16.3 Å².